The summed E-state index contributed by atoms with van der Waals surface area (Å²) < 4.78 is 5.53. The fraction of sp³-hybridized carbons (Fsp3) is 0.800. The third kappa shape index (κ3) is 7.19. The summed E-state index contributed by atoms with van der Waals surface area (Å²) >= 11 is 0. The summed E-state index contributed by atoms with van der Waals surface area (Å²) in [4.78, 5) is 11.4. The first-order chi connectivity index (χ1) is 7.97. The van der Waals surface area contributed by atoms with E-state index in [0.717, 1.165) is 32.1 Å². The van der Waals surface area contributed by atoms with E-state index in [1.165, 1.54) is 12.5 Å². The highest BCUT2D eigenvalue weighted by molar-refractivity contribution is 5.81. The van der Waals surface area contributed by atoms with Gasteiger partial charge in [-0.1, -0.05) is 40.2 Å². The van der Waals surface area contributed by atoms with Crippen molar-refractivity contribution in [1.29, 1.82) is 0 Å². The molecule has 0 saturated heterocycles. The van der Waals surface area contributed by atoms with Gasteiger partial charge in [-0.05, 0) is 38.5 Å². The Labute approximate surface area is 106 Å². The second-order valence-electron chi connectivity index (χ2n) is 5.23. The lowest BCUT2D eigenvalue weighted by Gasteiger charge is -2.30. The Hall–Kier alpha value is -0.790. The lowest BCUT2D eigenvalue weighted by molar-refractivity contribution is -0.153. The average molecular weight is 240 g/mol. The zero-order chi connectivity index (χ0) is 13.3. The van der Waals surface area contributed by atoms with E-state index in [1.807, 2.05) is 6.92 Å². The van der Waals surface area contributed by atoms with Gasteiger partial charge in [0, 0.05) is 6.08 Å². The molecule has 2 atom stereocenters. The molecule has 0 heterocycles. The van der Waals surface area contributed by atoms with Crippen LogP contribution in [0.1, 0.15) is 66.2 Å². The summed E-state index contributed by atoms with van der Waals surface area (Å²) in [5.74, 6) is 0.395. The molecule has 0 aromatic heterocycles. The standard InChI is InChI=1S/C15H28O2/c1-6-9-11-15(5,17-14(16)8-3)12-10-13(4)7-2/h8,13H,3,6-7,9-12H2,1-2,4-5H3. The molecule has 0 aliphatic heterocycles. The third-order valence-electron chi connectivity index (χ3n) is 3.44. The van der Waals surface area contributed by atoms with Crippen molar-refractivity contribution in [2.24, 2.45) is 5.92 Å². The molecule has 0 fully saturated rings. The van der Waals surface area contributed by atoms with E-state index in [4.69, 9.17) is 4.74 Å². The molecule has 0 aliphatic carbocycles. The predicted octanol–water partition coefficient (Wildman–Crippen LogP) is 4.49. The monoisotopic (exact) mass is 240 g/mol. The quantitative estimate of drug-likeness (QED) is 0.438. The summed E-state index contributed by atoms with van der Waals surface area (Å²) in [6.45, 7) is 12.1. The van der Waals surface area contributed by atoms with Crippen molar-refractivity contribution < 1.29 is 9.53 Å². The first-order valence-electron chi connectivity index (χ1n) is 6.82. The van der Waals surface area contributed by atoms with Crippen molar-refractivity contribution in [1.82, 2.24) is 0 Å². The minimum absolute atomic E-state index is 0.298. The van der Waals surface area contributed by atoms with Crippen LogP contribution in [0.2, 0.25) is 0 Å². The fourth-order valence-electron chi connectivity index (χ4n) is 1.82. The molecule has 2 nitrogen and oxygen atoms in total. The highest BCUT2D eigenvalue weighted by Gasteiger charge is 2.27. The summed E-state index contributed by atoms with van der Waals surface area (Å²) in [6.07, 6.45) is 7.67. The number of carbonyl (C=O) groups is 1. The predicted molar refractivity (Wildman–Crippen MR) is 72.9 cm³/mol. The molecule has 0 amide bonds. The molecule has 0 N–H and O–H groups in total. The van der Waals surface area contributed by atoms with Gasteiger partial charge in [-0.2, -0.15) is 0 Å². The number of carbonyl (C=O) groups excluding carboxylic acids is 1. The van der Waals surface area contributed by atoms with Gasteiger partial charge in [-0.25, -0.2) is 4.79 Å². The normalized spacial score (nSPS) is 16.0. The van der Waals surface area contributed by atoms with Gasteiger partial charge in [0.25, 0.3) is 0 Å². The molecule has 0 bridgehead atoms. The SMILES string of the molecule is C=CC(=O)OC(C)(CCCC)CCC(C)CC. The molecule has 2 heteroatoms. The van der Waals surface area contributed by atoms with Gasteiger partial charge >= 0.3 is 5.97 Å². The van der Waals surface area contributed by atoms with Gasteiger partial charge < -0.3 is 4.74 Å². The Kier molecular flexibility index (Phi) is 7.94. The molecule has 100 valence electrons. The van der Waals surface area contributed by atoms with Gasteiger partial charge in [0.15, 0.2) is 0 Å². The van der Waals surface area contributed by atoms with Crippen LogP contribution in [0.5, 0.6) is 0 Å². The Bertz CT molecular complexity index is 235. The summed E-state index contributed by atoms with van der Waals surface area (Å²) in [5.41, 5.74) is -0.315. The van der Waals surface area contributed by atoms with E-state index < -0.39 is 0 Å². The van der Waals surface area contributed by atoms with Gasteiger partial charge in [-0.3, -0.25) is 0 Å². The van der Waals surface area contributed by atoms with Crippen molar-refractivity contribution in [3.63, 3.8) is 0 Å². The Morgan fingerprint density at radius 2 is 2.06 bits per heavy atom. The number of hydrogen-bond donors (Lipinski definition) is 0. The Morgan fingerprint density at radius 3 is 2.53 bits per heavy atom. The maximum atomic E-state index is 11.4. The van der Waals surface area contributed by atoms with E-state index in [1.54, 1.807) is 0 Å². The van der Waals surface area contributed by atoms with E-state index in [9.17, 15) is 4.79 Å². The van der Waals surface area contributed by atoms with Crippen LogP contribution in [0, 0.1) is 5.92 Å². The molecule has 0 aromatic rings. The van der Waals surface area contributed by atoms with Crippen LogP contribution in [-0.4, -0.2) is 11.6 Å². The molecule has 2 unspecified atom stereocenters. The fourth-order valence-corrected chi connectivity index (χ4v) is 1.82. The molecular weight excluding hydrogens is 212 g/mol. The van der Waals surface area contributed by atoms with Crippen molar-refractivity contribution in [2.75, 3.05) is 0 Å². The van der Waals surface area contributed by atoms with Crippen LogP contribution < -0.4 is 0 Å². The van der Waals surface area contributed by atoms with Crippen LogP contribution in [0.25, 0.3) is 0 Å². The van der Waals surface area contributed by atoms with E-state index in [0.29, 0.717) is 5.92 Å². The summed E-state index contributed by atoms with van der Waals surface area (Å²) in [7, 11) is 0. The number of ether oxygens (including phenoxy) is 1. The van der Waals surface area contributed by atoms with Gasteiger partial charge in [0.05, 0.1) is 0 Å². The molecule has 0 radical (unpaired) electrons. The highest BCUT2D eigenvalue weighted by atomic mass is 16.6. The largest absolute Gasteiger partial charge is 0.456 e. The van der Waals surface area contributed by atoms with Crippen LogP contribution >= 0.6 is 0 Å². The van der Waals surface area contributed by atoms with Crippen LogP contribution in [-0.2, 0) is 9.53 Å². The van der Waals surface area contributed by atoms with Crippen molar-refractivity contribution >= 4 is 5.97 Å². The number of unbranched alkanes of at least 4 members (excludes halogenated alkanes) is 1. The Balaban J connectivity index is 4.37. The maximum absolute atomic E-state index is 11.4. The Morgan fingerprint density at radius 1 is 1.41 bits per heavy atom. The number of rotatable bonds is 9. The highest BCUT2D eigenvalue weighted by Crippen LogP contribution is 2.27. The summed E-state index contributed by atoms with van der Waals surface area (Å²) in [6, 6.07) is 0. The van der Waals surface area contributed by atoms with Crippen LogP contribution in [0.15, 0.2) is 12.7 Å². The smallest absolute Gasteiger partial charge is 0.330 e. The second-order valence-corrected chi connectivity index (χ2v) is 5.23. The molecule has 0 aliphatic rings. The lowest BCUT2D eigenvalue weighted by atomic mass is 9.89. The van der Waals surface area contributed by atoms with Crippen LogP contribution in [0.4, 0.5) is 0 Å². The van der Waals surface area contributed by atoms with E-state index in [-0.39, 0.29) is 11.6 Å². The minimum atomic E-state index is -0.315. The zero-order valence-corrected chi connectivity index (χ0v) is 11.9. The molecule has 0 aromatic carbocycles. The number of esters is 1. The van der Waals surface area contributed by atoms with Crippen molar-refractivity contribution in [3.05, 3.63) is 12.7 Å². The maximum Gasteiger partial charge on any atom is 0.330 e. The molecular formula is C15H28O2. The third-order valence-corrected chi connectivity index (χ3v) is 3.44. The topological polar surface area (TPSA) is 26.3 Å². The molecule has 0 spiro atoms. The van der Waals surface area contributed by atoms with Crippen molar-refractivity contribution in [2.45, 2.75) is 71.8 Å². The molecule has 0 rings (SSSR count). The van der Waals surface area contributed by atoms with Crippen molar-refractivity contribution in [3.8, 4) is 0 Å². The van der Waals surface area contributed by atoms with Gasteiger partial charge in [-0.15, -0.1) is 0 Å². The lowest BCUT2D eigenvalue weighted by Crippen LogP contribution is -2.31. The second kappa shape index (κ2) is 8.32. The van der Waals surface area contributed by atoms with Crippen LogP contribution in [0.3, 0.4) is 0 Å². The zero-order valence-electron chi connectivity index (χ0n) is 11.9. The van der Waals surface area contributed by atoms with E-state index >= 15 is 0 Å². The average Bonchev–Trinajstić information content (AvgIpc) is 2.33. The number of hydrogen-bond acceptors (Lipinski definition) is 2. The summed E-state index contributed by atoms with van der Waals surface area (Å²) in [5, 5.41) is 0. The minimum Gasteiger partial charge on any atom is -0.456 e. The molecule has 0 saturated carbocycles. The van der Waals surface area contributed by atoms with E-state index in [2.05, 4.69) is 27.4 Å². The van der Waals surface area contributed by atoms with Gasteiger partial charge in [0.2, 0.25) is 0 Å². The first-order valence-corrected chi connectivity index (χ1v) is 6.82. The van der Waals surface area contributed by atoms with Gasteiger partial charge in [0.1, 0.15) is 5.60 Å². The molecule has 17 heavy (non-hydrogen) atoms. The first kappa shape index (κ1) is 16.2.